The number of amides is 1. The van der Waals surface area contributed by atoms with Gasteiger partial charge >= 0.3 is 5.97 Å². The van der Waals surface area contributed by atoms with Crippen LogP contribution in [-0.4, -0.2) is 23.4 Å². The summed E-state index contributed by atoms with van der Waals surface area (Å²) in [6.07, 6.45) is 0. The molecular formula is C17H13NO3. The summed E-state index contributed by atoms with van der Waals surface area (Å²) in [6, 6.07) is 14.8. The fraction of sp³-hybridized carbons (Fsp3) is 0.176. The van der Waals surface area contributed by atoms with Crippen LogP contribution in [0.3, 0.4) is 0 Å². The molecule has 0 aliphatic carbocycles. The Morgan fingerprint density at radius 1 is 0.952 bits per heavy atom. The van der Waals surface area contributed by atoms with Gasteiger partial charge in [0.15, 0.2) is 0 Å². The molecular weight excluding hydrogens is 266 g/mol. The molecule has 1 atom stereocenters. The largest absolute Gasteiger partial charge is 0.460 e. The molecule has 0 radical (unpaired) electrons. The van der Waals surface area contributed by atoms with E-state index in [0.717, 1.165) is 16.7 Å². The maximum absolute atomic E-state index is 12.6. The van der Waals surface area contributed by atoms with Gasteiger partial charge in [-0.05, 0) is 23.3 Å². The van der Waals surface area contributed by atoms with Crippen molar-refractivity contribution in [2.45, 2.75) is 12.6 Å². The van der Waals surface area contributed by atoms with E-state index in [-0.39, 0.29) is 24.5 Å². The number of esters is 1. The number of hydrogen-bond acceptors (Lipinski definition) is 3. The maximum Gasteiger partial charge on any atom is 0.338 e. The lowest BCUT2D eigenvalue weighted by molar-refractivity contribution is 0.0257. The maximum atomic E-state index is 12.6. The normalized spacial score (nSPS) is 20.0. The SMILES string of the molecule is O=C1OCC(N2Cc3ccccc3C2=O)c2ccccc21. The van der Waals surface area contributed by atoms with Gasteiger partial charge in [0.1, 0.15) is 6.61 Å². The Balaban J connectivity index is 1.75. The second-order valence-electron chi connectivity index (χ2n) is 5.29. The van der Waals surface area contributed by atoms with Gasteiger partial charge in [0, 0.05) is 12.1 Å². The van der Waals surface area contributed by atoms with E-state index in [9.17, 15) is 9.59 Å². The van der Waals surface area contributed by atoms with E-state index in [2.05, 4.69) is 0 Å². The molecule has 4 nitrogen and oxygen atoms in total. The average Bonchev–Trinajstić information content (AvgIpc) is 2.86. The third-order valence-electron chi connectivity index (χ3n) is 4.14. The third-order valence-corrected chi connectivity index (χ3v) is 4.14. The predicted octanol–water partition coefficient (Wildman–Crippen LogP) is 2.55. The van der Waals surface area contributed by atoms with Crippen molar-refractivity contribution in [1.82, 2.24) is 4.90 Å². The molecule has 0 saturated carbocycles. The Morgan fingerprint density at radius 3 is 2.48 bits per heavy atom. The number of cyclic esters (lactones) is 1. The molecule has 21 heavy (non-hydrogen) atoms. The highest BCUT2D eigenvalue weighted by Gasteiger charge is 2.37. The number of nitrogens with zero attached hydrogens (tertiary/aromatic N) is 1. The second kappa shape index (κ2) is 4.45. The lowest BCUT2D eigenvalue weighted by Gasteiger charge is -2.32. The third kappa shape index (κ3) is 1.76. The molecule has 2 heterocycles. The Labute approximate surface area is 121 Å². The molecule has 0 aromatic heterocycles. The van der Waals surface area contributed by atoms with Crippen LogP contribution in [0.25, 0.3) is 0 Å². The highest BCUT2D eigenvalue weighted by Crippen LogP contribution is 2.35. The Kier molecular flexibility index (Phi) is 2.57. The summed E-state index contributed by atoms with van der Waals surface area (Å²) in [7, 11) is 0. The molecule has 4 rings (SSSR count). The van der Waals surface area contributed by atoms with Crippen LogP contribution in [0.5, 0.6) is 0 Å². The van der Waals surface area contributed by atoms with Gasteiger partial charge < -0.3 is 9.64 Å². The number of benzene rings is 2. The summed E-state index contributed by atoms with van der Waals surface area (Å²) < 4.78 is 5.24. The van der Waals surface area contributed by atoms with Crippen LogP contribution in [0.2, 0.25) is 0 Å². The zero-order chi connectivity index (χ0) is 14.4. The van der Waals surface area contributed by atoms with Gasteiger partial charge in [0.2, 0.25) is 0 Å². The topological polar surface area (TPSA) is 46.6 Å². The van der Waals surface area contributed by atoms with E-state index < -0.39 is 0 Å². The summed E-state index contributed by atoms with van der Waals surface area (Å²) in [5.41, 5.74) is 3.19. The van der Waals surface area contributed by atoms with Crippen LogP contribution in [0, 0.1) is 0 Å². The van der Waals surface area contributed by atoms with Gasteiger partial charge in [-0.2, -0.15) is 0 Å². The molecule has 2 aromatic carbocycles. The van der Waals surface area contributed by atoms with Gasteiger partial charge in [-0.1, -0.05) is 36.4 Å². The van der Waals surface area contributed by atoms with Gasteiger partial charge in [-0.25, -0.2) is 4.79 Å². The van der Waals surface area contributed by atoms with E-state index in [0.29, 0.717) is 12.1 Å². The van der Waals surface area contributed by atoms with E-state index >= 15 is 0 Å². The molecule has 0 N–H and O–H groups in total. The Hall–Kier alpha value is -2.62. The fourth-order valence-electron chi connectivity index (χ4n) is 3.08. The van der Waals surface area contributed by atoms with Crippen molar-refractivity contribution in [3.05, 3.63) is 70.8 Å². The monoisotopic (exact) mass is 279 g/mol. The molecule has 0 spiro atoms. The van der Waals surface area contributed by atoms with Gasteiger partial charge in [0.05, 0.1) is 11.6 Å². The predicted molar refractivity (Wildman–Crippen MR) is 75.8 cm³/mol. The van der Waals surface area contributed by atoms with Crippen molar-refractivity contribution in [3.8, 4) is 0 Å². The minimum Gasteiger partial charge on any atom is -0.460 e. The van der Waals surface area contributed by atoms with Crippen LogP contribution < -0.4 is 0 Å². The average molecular weight is 279 g/mol. The number of carbonyl (C=O) groups excluding carboxylic acids is 2. The van der Waals surface area contributed by atoms with Crippen molar-refractivity contribution >= 4 is 11.9 Å². The van der Waals surface area contributed by atoms with Crippen molar-refractivity contribution in [3.63, 3.8) is 0 Å². The standard InChI is InChI=1S/C17H13NO3/c19-16-12-6-2-1-5-11(12)9-18(16)15-10-21-17(20)14-8-4-3-7-13(14)15/h1-8,15H,9-10H2. The molecule has 2 aromatic rings. The number of carbonyl (C=O) groups is 2. The summed E-state index contributed by atoms with van der Waals surface area (Å²) in [5, 5.41) is 0. The zero-order valence-corrected chi connectivity index (χ0v) is 11.3. The quantitative estimate of drug-likeness (QED) is 0.754. The van der Waals surface area contributed by atoms with E-state index in [4.69, 9.17) is 4.74 Å². The number of rotatable bonds is 1. The highest BCUT2D eigenvalue weighted by molar-refractivity contribution is 5.99. The number of ether oxygens (including phenoxy) is 1. The lowest BCUT2D eigenvalue weighted by Crippen LogP contribution is -2.36. The smallest absolute Gasteiger partial charge is 0.338 e. The van der Waals surface area contributed by atoms with E-state index in [1.165, 1.54) is 0 Å². The van der Waals surface area contributed by atoms with Crippen molar-refractivity contribution < 1.29 is 14.3 Å². The summed E-state index contributed by atoms with van der Waals surface area (Å²) >= 11 is 0. The molecule has 104 valence electrons. The highest BCUT2D eigenvalue weighted by atomic mass is 16.5. The van der Waals surface area contributed by atoms with Crippen molar-refractivity contribution in [1.29, 1.82) is 0 Å². The number of fused-ring (bicyclic) bond motifs is 2. The van der Waals surface area contributed by atoms with Crippen LogP contribution >= 0.6 is 0 Å². The molecule has 0 saturated heterocycles. The number of hydrogen-bond donors (Lipinski definition) is 0. The van der Waals surface area contributed by atoms with E-state index in [1.54, 1.807) is 11.0 Å². The Morgan fingerprint density at radius 2 is 1.67 bits per heavy atom. The molecule has 2 aliphatic heterocycles. The first-order valence-electron chi connectivity index (χ1n) is 6.90. The van der Waals surface area contributed by atoms with Crippen molar-refractivity contribution in [2.75, 3.05) is 6.61 Å². The van der Waals surface area contributed by atoms with Crippen LogP contribution in [-0.2, 0) is 11.3 Å². The molecule has 1 unspecified atom stereocenters. The van der Waals surface area contributed by atoms with Crippen LogP contribution in [0.1, 0.15) is 37.9 Å². The summed E-state index contributed by atoms with van der Waals surface area (Å²) in [4.78, 5) is 26.2. The molecule has 2 aliphatic rings. The Bertz CT molecular complexity index is 753. The minimum atomic E-state index is -0.314. The molecule has 0 bridgehead atoms. The first-order chi connectivity index (χ1) is 10.3. The zero-order valence-electron chi connectivity index (χ0n) is 11.3. The second-order valence-corrected chi connectivity index (χ2v) is 5.29. The first-order valence-corrected chi connectivity index (χ1v) is 6.90. The first kappa shape index (κ1) is 12.1. The van der Waals surface area contributed by atoms with Crippen LogP contribution in [0.15, 0.2) is 48.5 Å². The van der Waals surface area contributed by atoms with Gasteiger partial charge in [0.25, 0.3) is 5.91 Å². The fourth-order valence-corrected chi connectivity index (χ4v) is 3.08. The van der Waals surface area contributed by atoms with Crippen LogP contribution in [0.4, 0.5) is 0 Å². The summed E-state index contributed by atoms with van der Waals surface area (Å²) in [5.74, 6) is -0.311. The molecule has 1 amide bonds. The van der Waals surface area contributed by atoms with Gasteiger partial charge in [-0.3, -0.25) is 4.79 Å². The lowest BCUT2D eigenvalue weighted by atomic mass is 9.97. The minimum absolute atomic E-state index is 0.00310. The summed E-state index contributed by atoms with van der Waals surface area (Å²) in [6.45, 7) is 0.779. The van der Waals surface area contributed by atoms with Gasteiger partial charge in [-0.15, -0.1) is 0 Å². The molecule has 4 heteroatoms. The van der Waals surface area contributed by atoms with Crippen molar-refractivity contribution in [2.24, 2.45) is 0 Å². The van der Waals surface area contributed by atoms with E-state index in [1.807, 2.05) is 42.5 Å². The molecule has 0 fully saturated rings.